The third-order valence-electron chi connectivity index (χ3n) is 2.74. The molecule has 0 unspecified atom stereocenters. The van der Waals surface area contributed by atoms with Crippen LogP contribution in [-0.2, 0) is 6.42 Å². The summed E-state index contributed by atoms with van der Waals surface area (Å²) >= 11 is 0. The predicted octanol–water partition coefficient (Wildman–Crippen LogP) is 2.13. The van der Waals surface area contributed by atoms with Crippen molar-refractivity contribution in [3.8, 4) is 5.75 Å². The van der Waals surface area contributed by atoms with E-state index in [2.05, 4.69) is 4.98 Å². The number of benzene rings is 1. The van der Waals surface area contributed by atoms with Gasteiger partial charge >= 0.3 is 0 Å². The lowest BCUT2D eigenvalue weighted by atomic mass is 10.0. The van der Waals surface area contributed by atoms with Gasteiger partial charge in [0.15, 0.2) is 0 Å². The molecule has 0 aliphatic carbocycles. The van der Waals surface area contributed by atoms with Crippen molar-refractivity contribution in [3.63, 3.8) is 0 Å². The topological polar surface area (TPSA) is 48.1 Å². The molecule has 1 aromatic carbocycles. The highest BCUT2D eigenvalue weighted by Crippen LogP contribution is 2.28. The molecule has 1 heterocycles. The molecule has 2 rings (SSSR count). The number of aromatic nitrogens is 1. The molecule has 0 bridgehead atoms. The van der Waals surface area contributed by atoms with Crippen molar-refractivity contribution in [1.29, 1.82) is 0 Å². The first-order valence-corrected chi connectivity index (χ1v) is 5.46. The number of methoxy groups -OCH3 is 1. The van der Waals surface area contributed by atoms with Gasteiger partial charge in [0, 0.05) is 23.3 Å². The second-order valence-electron chi connectivity index (χ2n) is 3.74. The van der Waals surface area contributed by atoms with Crippen molar-refractivity contribution < 1.29 is 4.74 Å². The molecule has 2 N–H and O–H groups in total. The van der Waals surface area contributed by atoms with Crippen LogP contribution in [-0.4, -0.2) is 18.6 Å². The van der Waals surface area contributed by atoms with Gasteiger partial charge in [-0.1, -0.05) is 0 Å². The molecule has 0 amide bonds. The number of hydrogen-bond donors (Lipinski definition) is 1. The van der Waals surface area contributed by atoms with E-state index in [4.69, 9.17) is 10.5 Å². The van der Waals surface area contributed by atoms with Gasteiger partial charge in [0.1, 0.15) is 5.75 Å². The third-order valence-corrected chi connectivity index (χ3v) is 2.74. The third kappa shape index (κ3) is 1.99. The number of pyridine rings is 1. The summed E-state index contributed by atoms with van der Waals surface area (Å²) in [4.78, 5) is 4.12. The van der Waals surface area contributed by atoms with E-state index in [0.717, 1.165) is 24.0 Å². The molecule has 3 nitrogen and oxygen atoms in total. The van der Waals surface area contributed by atoms with E-state index in [1.807, 2.05) is 30.6 Å². The molecule has 0 spiro atoms. The zero-order valence-corrected chi connectivity index (χ0v) is 9.44. The Kier molecular flexibility index (Phi) is 3.37. The monoisotopic (exact) mass is 216 g/mol. The van der Waals surface area contributed by atoms with Gasteiger partial charge in [-0.2, -0.15) is 0 Å². The van der Waals surface area contributed by atoms with E-state index in [9.17, 15) is 0 Å². The molecule has 3 heteroatoms. The van der Waals surface area contributed by atoms with Gasteiger partial charge in [0.05, 0.1) is 7.11 Å². The molecule has 0 fully saturated rings. The van der Waals surface area contributed by atoms with E-state index in [1.165, 1.54) is 10.9 Å². The highest BCUT2D eigenvalue weighted by atomic mass is 16.5. The Morgan fingerprint density at radius 2 is 2.19 bits per heavy atom. The van der Waals surface area contributed by atoms with Crippen LogP contribution in [0.15, 0.2) is 30.6 Å². The van der Waals surface area contributed by atoms with Crippen LogP contribution < -0.4 is 10.5 Å². The summed E-state index contributed by atoms with van der Waals surface area (Å²) in [6.07, 6.45) is 5.60. The van der Waals surface area contributed by atoms with Crippen molar-refractivity contribution in [2.24, 2.45) is 5.73 Å². The SMILES string of the molecule is COc1ccc2cnccc2c1CCCN. The van der Waals surface area contributed by atoms with Gasteiger partial charge in [-0.25, -0.2) is 0 Å². The van der Waals surface area contributed by atoms with E-state index in [0.29, 0.717) is 6.54 Å². The second-order valence-corrected chi connectivity index (χ2v) is 3.74. The average Bonchev–Trinajstić information content (AvgIpc) is 2.35. The first-order chi connectivity index (χ1) is 7.86. The van der Waals surface area contributed by atoms with Crippen molar-refractivity contribution in [2.75, 3.05) is 13.7 Å². The molecular formula is C13H16N2O. The summed E-state index contributed by atoms with van der Waals surface area (Å²) in [6.45, 7) is 0.699. The van der Waals surface area contributed by atoms with E-state index in [1.54, 1.807) is 7.11 Å². The summed E-state index contributed by atoms with van der Waals surface area (Å²) in [5, 5.41) is 2.36. The molecule has 0 saturated carbocycles. The quantitative estimate of drug-likeness (QED) is 0.851. The standard InChI is InChI=1S/C13H16N2O/c1-16-13-5-4-10-9-15-8-6-11(10)12(13)3-2-7-14/h4-6,8-9H,2-3,7,14H2,1H3. The van der Waals surface area contributed by atoms with Gasteiger partial charge < -0.3 is 10.5 Å². The number of ether oxygens (including phenoxy) is 1. The van der Waals surface area contributed by atoms with Gasteiger partial charge in [-0.3, -0.25) is 4.98 Å². The fraction of sp³-hybridized carbons (Fsp3) is 0.308. The van der Waals surface area contributed by atoms with Gasteiger partial charge in [0.2, 0.25) is 0 Å². The first kappa shape index (κ1) is 10.9. The molecule has 2 aromatic rings. The predicted molar refractivity (Wildman–Crippen MR) is 65.7 cm³/mol. The first-order valence-electron chi connectivity index (χ1n) is 5.46. The Hall–Kier alpha value is -1.61. The zero-order valence-electron chi connectivity index (χ0n) is 9.44. The fourth-order valence-corrected chi connectivity index (χ4v) is 1.94. The highest BCUT2D eigenvalue weighted by molar-refractivity contribution is 5.86. The highest BCUT2D eigenvalue weighted by Gasteiger charge is 2.07. The number of nitrogens with two attached hydrogens (primary N) is 1. The van der Waals surface area contributed by atoms with Crippen molar-refractivity contribution >= 4 is 10.8 Å². The summed E-state index contributed by atoms with van der Waals surface area (Å²) in [5.74, 6) is 0.937. The van der Waals surface area contributed by atoms with Gasteiger partial charge in [0.25, 0.3) is 0 Å². The fourth-order valence-electron chi connectivity index (χ4n) is 1.94. The molecule has 84 valence electrons. The van der Waals surface area contributed by atoms with Gasteiger partial charge in [-0.15, -0.1) is 0 Å². The van der Waals surface area contributed by atoms with Gasteiger partial charge in [-0.05, 0) is 43.0 Å². The number of fused-ring (bicyclic) bond motifs is 1. The molecule has 0 saturated heterocycles. The van der Waals surface area contributed by atoms with Crippen LogP contribution in [0.25, 0.3) is 10.8 Å². The normalized spacial score (nSPS) is 10.6. The smallest absolute Gasteiger partial charge is 0.122 e. The summed E-state index contributed by atoms with van der Waals surface area (Å²) < 4.78 is 5.39. The second kappa shape index (κ2) is 4.94. The lowest BCUT2D eigenvalue weighted by Crippen LogP contribution is -2.02. The van der Waals surface area contributed by atoms with Crippen LogP contribution in [0.2, 0.25) is 0 Å². The van der Waals surface area contributed by atoms with Crippen LogP contribution in [0.3, 0.4) is 0 Å². The van der Waals surface area contributed by atoms with Crippen molar-refractivity contribution in [3.05, 3.63) is 36.2 Å². The number of hydrogen-bond acceptors (Lipinski definition) is 3. The Morgan fingerprint density at radius 3 is 2.94 bits per heavy atom. The number of aryl methyl sites for hydroxylation is 1. The largest absolute Gasteiger partial charge is 0.496 e. The summed E-state index contributed by atoms with van der Waals surface area (Å²) in [7, 11) is 1.70. The maximum atomic E-state index is 5.56. The lowest BCUT2D eigenvalue weighted by molar-refractivity contribution is 0.410. The Balaban J connectivity index is 2.54. The maximum Gasteiger partial charge on any atom is 0.122 e. The maximum absolute atomic E-state index is 5.56. The van der Waals surface area contributed by atoms with E-state index >= 15 is 0 Å². The number of rotatable bonds is 4. The van der Waals surface area contributed by atoms with Crippen LogP contribution in [0.5, 0.6) is 5.75 Å². The lowest BCUT2D eigenvalue weighted by Gasteiger charge is -2.11. The Morgan fingerprint density at radius 1 is 1.31 bits per heavy atom. The van der Waals surface area contributed by atoms with Crippen LogP contribution in [0.1, 0.15) is 12.0 Å². The summed E-state index contributed by atoms with van der Waals surface area (Å²) in [5.41, 5.74) is 6.79. The molecule has 0 aliphatic rings. The summed E-state index contributed by atoms with van der Waals surface area (Å²) in [6, 6.07) is 6.06. The van der Waals surface area contributed by atoms with Crippen molar-refractivity contribution in [1.82, 2.24) is 4.98 Å². The zero-order chi connectivity index (χ0) is 11.4. The minimum Gasteiger partial charge on any atom is -0.496 e. The average molecular weight is 216 g/mol. The van der Waals surface area contributed by atoms with Crippen LogP contribution in [0, 0.1) is 0 Å². The molecule has 0 atom stereocenters. The minimum atomic E-state index is 0.699. The van der Waals surface area contributed by atoms with E-state index in [-0.39, 0.29) is 0 Å². The molecule has 0 radical (unpaired) electrons. The number of nitrogens with zero attached hydrogens (tertiary/aromatic N) is 1. The van der Waals surface area contributed by atoms with Crippen LogP contribution in [0.4, 0.5) is 0 Å². The Bertz CT molecular complexity index is 482. The minimum absolute atomic E-state index is 0.699. The van der Waals surface area contributed by atoms with E-state index < -0.39 is 0 Å². The molecular weight excluding hydrogens is 200 g/mol. The van der Waals surface area contributed by atoms with Crippen LogP contribution >= 0.6 is 0 Å². The molecule has 1 aromatic heterocycles. The molecule has 16 heavy (non-hydrogen) atoms. The van der Waals surface area contributed by atoms with Crippen molar-refractivity contribution in [2.45, 2.75) is 12.8 Å². The Labute approximate surface area is 95.2 Å². The molecule has 0 aliphatic heterocycles.